The van der Waals surface area contributed by atoms with E-state index in [0.717, 1.165) is 0 Å². The van der Waals surface area contributed by atoms with Crippen LogP contribution in [-0.2, 0) is 14.3 Å². The second-order valence-electron chi connectivity index (χ2n) is 2.80. The monoisotopic (exact) mass is 172 g/mol. The van der Waals surface area contributed by atoms with Crippen molar-refractivity contribution < 1.29 is 19.4 Å². The summed E-state index contributed by atoms with van der Waals surface area (Å²) >= 11 is 0. The maximum atomic E-state index is 11.0. The average Bonchev–Trinajstić information content (AvgIpc) is 2.25. The smallest absolute Gasteiger partial charge is 0.336 e. The Morgan fingerprint density at radius 1 is 1.67 bits per heavy atom. The molecule has 0 saturated heterocycles. The second-order valence-corrected chi connectivity index (χ2v) is 2.80. The Labute approximate surface area is 70.8 Å². The molecule has 1 rings (SSSR count). The van der Waals surface area contributed by atoms with Crippen molar-refractivity contribution in [3.05, 3.63) is 11.1 Å². The first-order valence-electron chi connectivity index (χ1n) is 3.64. The molecule has 0 fully saturated rings. The van der Waals surface area contributed by atoms with Gasteiger partial charge in [-0.3, -0.25) is 0 Å². The van der Waals surface area contributed by atoms with Gasteiger partial charge < -0.3 is 14.6 Å². The zero-order chi connectivity index (χ0) is 9.35. The fraction of sp³-hybridized carbons (Fsp3) is 0.625. The molecule has 0 amide bonds. The lowest BCUT2D eigenvalue weighted by Crippen LogP contribution is -2.31. The van der Waals surface area contributed by atoms with E-state index in [1.54, 1.807) is 13.8 Å². The van der Waals surface area contributed by atoms with Crippen molar-refractivity contribution in [1.82, 2.24) is 0 Å². The second kappa shape index (κ2) is 2.88. The summed E-state index contributed by atoms with van der Waals surface area (Å²) < 4.78 is 9.90. The van der Waals surface area contributed by atoms with Crippen LogP contribution in [0.2, 0.25) is 0 Å². The van der Waals surface area contributed by atoms with Gasteiger partial charge in [0.15, 0.2) is 0 Å². The third kappa shape index (κ3) is 1.13. The fourth-order valence-corrected chi connectivity index (χ4v) is 1.21. The molecule has 1 aliphatic heterocycles. The lowest BCUT2D eigenvalue weighted by atomic mass is 10.1. The molecule has 0 radical (unpaired) electrons. The summed E-state index contributed by atoms with van der Waals surface area (Å²) in [5, 5.41) is 8.95. The highest BCUT2D eigenvalue weighted by Crippen LogP contribution is 2.32. The van der Waals surface area contributed by atoms with E-state index in [4.69, 9.17) is 14.6 Å². The van der Waals surface area contributed by atoms with Crippen LogP contribution in [0.1, 0.15) is 13.8 Å². The van der Waals surface area contributed by atoms with Gasteiger partial charge in [-0.05, 0) is 6.92 Å². The van der Waals surface area contributed by atoms with Crippen LogP contribution in [0.25, 0.3) is 0 Å². The number of rotatable bonds is 2. The zero-order valence-electron chi connectivity index (χ0n) is 7.38. The number of aliphatic hydroxyl groups excluding tert-OH is 1. The Hall–Kier alpha value is -0.870. The fourth-order valence-electron chi connectivity index (χ4n) is 1.21. The molecule has 68 valence electrons. The number of methoxy groups -OCH3 is 1. The molecule has 1 aliphatic rings. The van der Waals surface area contributed by atoms with Crippen LogP contribution in [0.5, 0.6) is 0 Å². The molecule has 12 heavy (non-hydrogen) atoms. The van der Waals surface area contributed by atoms with Crippen molar-refractivity contribution >= 4 is 5.97 Å². The lowest BCUT2D eigenvalue weighted by Gasteiger charge is -2.23. The molecule has 1 heterocycles. The van der Waals surface area contributed by atoms with Crippen LogP contribution >= 0.6 is 0 Å². The van der Waals surface area contributed by atoms with Crippen LogP contribution in [0.3, 0.4) is 0 Å². The van der Waals surface area contributed by atoms with Crippen LogP contribution < -0.4 is 0 Å². The molecule has 0 aliphatic carbocycles. The van der Waals surface area contributed by atoms with E-state index >= 15 is 0 Å². The molecule has 1 unspecified atom stereocenters. The SMILES string of the molecule is COC1(C)OC(=O)C(C)=C1CO. The lowest BCUT2D eigenvalue weighted by molar-refractivity contribution is -0.186. The van der Waals surface area contributed by atoms with Gasteiger partial charge in [0.2, 0.25) is 5.79 Å². The van der Waals surface area contributed by atoms with Crippen LogP contribution in [0, 0.1) is 0 Å². The number of carbonyl (C=O) groups is 1. The predicted molar refractivity (Wildman–Crippen MR) is 41.3 cm³/mol. The van der Waals surface area contributed by atoms with Crippen molar-refractivity contribution in [2.24, 2.45) is 0 Å². The standard InChI is InChI=1S/C8H12O4/c1-5-6(4-9)8(2,11-3)12-7(5)10/h9H,4H2,1-3H3. The van der Waals surface area contributed by atoms with Crippen LogP contribution in [0.4, 0.5) is 0 Å². The van der Waals surface area contributed by atoms with E-state index in [1.807, 2.05) is 0 Å². The van der Waals surface area contributed by atoms with E-state index in [-0.39, 0.29) is 6.61 Å². The van der Waals surface area contributed by atoms with E-state index in [9.17, 15) is 4.79 Å². The Morgan fingerprint density at radius 3 is 2.58 bits per heavy atom. The first-order valence-corrected chi connectivity index (χ1v) is 3.64. The summed E-state index contributed by atoms with van der Waals surface area (Å²) in [4.78, 5) is 11.0. The maximum absolute atomic E-state index is 11.0. The van der Waals surface area contributed by atoms with Gasteiger partial charge in [-0.2, -0.15) is 0 Å². The molecule has 4 nitrogen and oxygen atoms in total. The van der Waals surface area contributed by atoms with Gasteiger partial charge in [-0.1, -0.05) is 0 Å². The summed E-state index contributed by atoms with van der Waals surface area (Å²) in [5.41, 5.74) is 0.928. The summed E-state index contributed by atoms with van der Waals surface area (Å²) in [5.74, 6) is -1.50. The van der Waals surface area contributed by atoms with E-state index in [0.29, 0.717) is 11.1 Å². The zero-order valence-corrected chi connectivity index (χ0v) is 7.38. The highest BCUT2D eigenvalue weighted by atomic mass is 16.7. The van der Waals surface area contributed by atoms with Crippen molar-refractivity contribution in [2.45, 2.75) is 19.6 Å². The molecule has 0 aromatic carbocycles. The number of aliphatic hydroxyl groups is 1. The topological polar surface area (TPSA) is 55.8 Å². The Morgan fingerprint density at radius 2 is 2.25 bits per heavy atom. The molecule has 0 spiro atoms. The molecule has 0 aromatic heterocycles. The maximum Gasteiger partial charge on any atom is 0.336 e. The van der Waals surface area contributed by atoms with Gasteiger partial charge in [0.05, 0.1) is 6.61 Å². The quantitative estimate of drug-likeness (QED) is 0.605. The molecule has 1 N–H and O–H groups in total. The minimum absolute atomic E-state index is 0.220. The first-order chi connectivity index (χ1) is 5.55. The molecule has 0 bridgehead atoms. The third-order valence-corrected chi connectivity index (χ3v) is 2.14. The molecule has 1 atom stereocenters. The average molecular weight is 172 g/mol. The number of hydrogen-bond donors (Lipinski definition) is 1. The van der Waals surface area contributed by atoms with Crippen molar-refractivity contribution in [2.75, 3.05) is 13.7 Å². The van der Waals surface area contributed by atoms with Crippen LogP contribution in [0.15, 0.2) is 11.1 Å². The van der Waals surface area contributed by atoms with Gasteiger partial charge in [-0.25, -0.2) is 4.79 Å². The molecule has 0 saturated carbocycles. The number of ether oxygens (including phenoxy) is 2. The summed E-state index contributed by atoms with van der Waals surface area (Å²) in [7, 11) is 1.43. The Bertz CT molecular complexity index is 243. The Kier molecular flexibility index (Phi) is 2.21. The normalized spacial score (nSPS) is 29.5. The minimum Gasteiger partial charge on any atom is -0.426 e. The van der Waals surface area contributed by atoms with E-state index in [2.05, 4.69) is 0 Å². The first kappa shape index (κ1) is 9.22. The van der Waals surface area contributed by atoms with Crippen molar-refractivity contribution in [3.8, 4) is 0 Å². The molecular formula is C8H12O4. The van der Waals surface area contributed by atoms with Gasteiger partial charge in [0.25, 0.3) is 0 Å². The highest BCUT2D eigenvalue weighted by molar-refractivity contribution is 5.92. The van der Waals surface area contributed by atoms with Gasteiger partial charge in [-0.15, -0.1) is 0 Å². The van der Waals surface area contributed by atoms with Gasteiger partial charge in [0.1, 0.15) is 0 Å². The van der Waals surface area contributed by atoms with Gasteiger partial charge >= 0.3 is 5.97 Å². The van der Waals surface area contributed by atoms with Crippen LogP contribution in [-0.4, -0.2) is 30.6 Å². The van der Waals surface area contributed by atoms with E-state index in [1.165, 1.54) is 7.11 Å². The molecule has 0 aromatic rings. The highest BCUT2D eigenvalue weighted by Gasteiger charge is 2.41. The predicted octanol–water partition coefficient (Wildman–Crippen LogP) is 0.215. The largest absolute Gasteiger partial charge is 0.426 e. The summed E-state index contributed by atoms with van der Waals surface area (Å²) in [6, 6.07) is 0. The van der Waals surface area contributed by atoms with Crippen molar-refractivity contribution in [1.29, 1.82) is 0 Å². The molecular weight excluding hydrogens is 160 g/mol. The Balaban J connectivity index is 3.06. The minimum atomic E-state index is -1.07. The van der Waals surface area contributed by atoms with Gasteiger partial charge in [0, 0.05) is 25.2 Å². The van der Waals surface area contributed by atoms with Crippen molar-refractivity contribution in [3.63, 3.8) is 0 Å². The number of hydrogen-bond acceptors (Lipinski definition) is 4. The third-order valence-electron chi connectivity index (χ3n) is 2.14. The summed E-state index contributed by atoms with van der Waals surface area (Å²) in [6.07, 6.45) is 0. The number of carbonyl (C=O) groups excluding carboxylic acids is 1. The molecule has 4 heteroatoms. The number of esters is 1. The number of cyclic esters (lactones) is 1. The van der Waals surface area contributed by atoms with E-state index < -0.39 is 11.8 Å². The summed E-state index contributed by atoms with van der Waals surface area (Å²) in [6.45, 7) is 2.99.